The van der Waals surface area contributed by atoms with Crippen molar-refractivity contribution in [2.75, 3.05) is 46.4 Å². The maximum atomic E-state index is 5.43. The Morgan fingerprint density at radius 2 is 2.50 bits per heavy atom. The highest BCUT2D eigenvalue weighted by atomic mass is 16.5. The maximum Gasteiger partial charge on any atom is 0.0689 e. The molecule has 0 amide bonds. The van der Waals surface area contributed by atoms with E-state index >= 15 is 0 Å². The molecule has 0 aliphatic carbocycles. The van der Waals surface area contributed by atoms with Gasteiger partial charge < -0.3 is 15.0 Å². The molecule has 2 aliphatic rings. The van der Waals surface area contributed by atoms with Crippen molar-refractivity contribution in [2.24, 2.45) is 5.92 Å². The number of ether oxygens (including phenoxy) is 1. The van der Waals surface area contributed by atoms with E-state index in [0.29, 0.717) is 0 Å². The lowest BCUT2D eigenvalue weighted by molar-refractivity contribution is 0.148. The summed E-state index contributed by atoms with van der Waals surface area (Å²) in [5, 5.41) is 3.57. The molecule has 1 N–H and O–H groups in total. The van der Waals surface area contributed by atoms with E-state index in [1.54, 1.807) is 0 Å². The van der Waals surface area contributed by atoms with E-state index < -0.39 is 0 Å². The molecule has 16 heavy (non-hydrogen) atoms. The number of nitrogens with zero attached hydrogens (tertiary/aromatic N) is 1. The van der Waals surface area contributed by atoms with Crippen LogP contribution in [0.3, 0.4) is 0 Å². The van der Waals surface area contributed by atoms with Gasteiger partial charge in [-0.25, -0.2) is 0 Å². The van der Waals surface area contributed by atoms with Crippen LogP contribution in [0.2, 0.25) is 0 Å². The molecule has 2 heterocycles. The Morgan fingerprint density at radius 3 is 3.25 bits per heavy atom. The molecule has 92 valence electrons. The molecule has 3 nitrogen and oxygen atoms in total. The zero-order valence-corrected chi connectivity index (χ0v) is 10.4. The first-order chi connectivity index (χ1) is 7.84. The topological polar surface area (TPSA) is 24.5 Å². The zero-order valence-electron chi connectivity index (χ0n) is 10.4. The Labute approximate surface area is 98.8 Å². The quantitative estimate of drug-likeness (QED) is 0.728. The molecule has 0 aromatic carbocycles. The lowest BCUT2D eigenvalue weighted by Crippen LogP contribution is -2.38. The van der Waals surface area contributed by atoms with Gasteiger partial charge in [-0.05, 0) is 50.9 Å². The molecule has 0 bridgehead atoms. The maximum absolute atomic E-state index is 5.43. The minimum absolute atomic E-state index is 0.831. The minimum atomic E-state index is 0.831. The van der Waals surface area contributed by atoms with E-state index in [4.69, 9.17) is 4.74 Å². The summed E-state index contributed by atoms with van der Waals surface area (Å²) in [5.74, 6) is 0.837. The second-order valence-electron chi connectivity index (χ2n) is 5.11. The largest absolute Gasteiger partial charge is 0.377 e. The van der Waals surface area contributed by atoms with Crippen LogP contribution in [0.4, 0.5) is 0 Å². The molecule has 1 saturated heterocycles. The van der Waals surface area contributed by atoms with Crippen LogP contribution in [-0.2, 0) is 4.74 Å². The molecule has 1 unspecified atom stereocenters. The van der Waals surface area contributed by atoms with E-state index in [0.717, 1.165) is 38.6 Å². The molecule has 2 aliphatic heterocycles. The van der Waals surface area contributed by atoms with E-state index in [1.165, 1.54) is 31.5 Å². The predicted octanol–water partition coefficient (Wildman–Crippen LogP) is 1.26. The molecule has 1 atom stereocenters. The fourth-order valence-electron chi connectivity index (χ4n) is 2.61. The third-order valence-electron chi connectivity index (χ3n) is 3.49. The normalized spacial score (nSPS) is 27.8. The van der Waals surface area contributed by atoms with Gasteiger partial charge in [-0.3, -0.25) is 0 Å². The molecular formula is C13H24N2O. The smallest absolute Gasteiger partial charge is 0.0689 e. The van der Waals surface area contributed by atoms with Crippen LogP contribution in [0.5, 0.6) is 0 Å². The SMILES string of the molecule is CN1CCCC(CNCC2=CCCOC2)C1. The van der Waals surface area contributed by atoms with Crippen molar-refractivity contribution in [2.45, 2.75) is 19.3 Å². The summed E-state index contributed by atoms with van der Waals surface area (Å²) in [6.07, 6.45) is 6.15. The summed E-state index contributed by atoms with van der Waals surface area (Å²) in [7, 11) is 2.23. The van der Waals surface area contributed by atoms with Gasteiger partial charge in [-0.15, -0.1) is 0 Å². The summed E-state index contributed by atoms with van der Waals surface area (Å²) < 4.78 is 5.43. The fraction of sp³-hybridized carbons (Fsp3) is 0.846. The van der Waals surface area contributed by atoms with Crippen molar-refractivity contribution in [3.05, 3.63) is 11.6 Å². The molecule has 0 saturated carbocycles. The van der Waals surface area contributed by atoms with Crippen LogP contribution in [-0.4, -0.2) is 51.3 Å². The zero-order chi connectivity index (χ0) is 11.2. The van der Waals surface area contributed by atoms with Gasteiger partial charge in [0.15, 0.2) is 0 Å². The van der Waals surface area contributed by atoms with Gasteiger partial charge in [0.05, 0.1) is 13.2 Å². The van der Waals surface area contributed by atoms with Gasteiger partial charge in [0.2, 0.25) is 0 Å². The average Bonchev–Trinajstić information content (AvgIpc) is 2.30. The van der Waals surface area contributed by atoms with Gasteiger partial charge in [0, 0.05) is 13.1 Å². The average molecular weight is 224 g/mol. The number of piperidine rings is 1. The van der Waals surface area contributed by atoms with Crippen molar-refractivity contribution in [3.63, 3.8) is 0 Å². The van der Waals surface area contributed by atoms with Crippen LogP contribution in [0.1, 0.15) is 19.3 Å². The number of nitrogens with one attached hydrogen (secondary N) is 1. The van der Waals surface area contributed by atoms with Crippen LogP contribution in [0, 0.1) is 5.92 Å². The van der Waals surface area contributed by atoms with Crippen LogP contribution in [0.15, 0.2) is 11.6 Å². The van der Waals surface area contributed by atoms with Crippen molar-refractivity contribution in [1.29, 1.82) is 0 Å². The molecular weight excluding hydrogens is 200 g/mol. The van der Waals surface area contributed by atoms with Gasteiger partial charge in [0.25, 0.3) is 0 Å². The summed E-state index contributed by atoms with van der Waals surface area (Å²) >= 11 is 0. The summed E-state index contributed by atoms with van der Waals surface area (Å²) in [4.78, 5) is 2.44. The van der Waals surface area contributed by atoms with Crippen molar-refractivity contribution in [3.8, 4) is 0 Å². The predicted molar refractivity (Wildman–Crippen MR) is 66.6 cm³/mol. The van der Waals surface area contributed by atoms with Gasteiger partial charge in [-0.1, -0.05) is 6.08 Å². The summed E-state index contributed by atoms with van der Waals surface area (Å²) in [6.45, 7) is 6.43. The molecule has 0 radical (unpaired) electrons. The van der Waals surface area contributed by atoms with Crippen molar-refractivity contribution in [1.82, 2.24) is 10.2 Å². The highest BCUT2D eigenvalue weighted by Crippen LogP contribution is 2.14. The van der Waals surface area contributed by atoms with Crippen LogP contribution < -0.4 is 5.32 Å². The van der Waals surface area contributed by atoms with E-state index in [1.807, 2.05) is 0 Å². The lowest BCUT2D eigenvalue weighted by Gasteiger charge is -2.30. The Hall–Kier alpha value is -0.380. The van der Waals surface area contributed by atoms with Crippen molar-refractivity contribution >= 4 is 0 Å². The number of hydrogen-bond acceptors (Lipinski definition) is 3. The van der Waals surface area contributed by atoms with Gasteiger partial charge >= 0.3 is 0 Å². The molecule has 2 rings (SSSR count). The molecule has 0 aromatic heterocycles. The summed E-state index contributed by atoms with van der Waals surface area (Å²) in [5.41, 5.74) is 1.43. The first kappa shape index (κ1) is 12.1. The van der Waals surface area contributed by atoms with E-state index in [9.17, 15) is 0 Å². The standard InChI is InChI=1S/C13H24N2O/c1-15-6-2-4-12(10-15)8-14-9-13-5-3-7-16-11-13/h5,12,14H,2-4,6-11H2,1H3. The Morgan fingerprint density at radius 1 is 1.56 bits per heavy atom. The fourth-order valence-corrected chi connectivity index (χ4v) is 2.61. The minimum Gasteiger partial charge on any atom is -0.377 e. The Balaban J connectivity index is 1.61. The highest BCUT2D eigenvalue weighted by Gasteiger charge is 2.16. The Kier molecular flexibility index (Phi) is 4.82. The van der Waals surface area contributed by atoms with Crippen LogP contribution >= 0.6 is 0 Å². The third-order valence-corrected chi connectivity index (χ3v) is 3.49. The third kappa shape index (κ3) is 3.89. The van der Waals surface area contributed by atoms with Crippen LogP contribution in [0.25, 0.3) is 0 Å². The molecule has 3 heteroatoms. The Bertz CT molecular complexity index is 240. The first-order valence-electron chi connectivity index (χ1n) is 6.49. The van der Waals surface area contributed by atoms with Gasteiger partial charge in [-0.2, -0.15) is 0 Å². The molecule has 1 fully saturated rings. The van der Waals surface area contributed by atoms with E-state index in [2.05, 4.69) is 23.3 Å². The highest BCUT2D eigenvalue weighted by molar-refractivity contribution is 5.06. The van der Waals surface area contributed by atoms with E-state index in [-0.39, 0.29) is 0 Å². The molecule has 0 aromatic rings. The first-order valence-corrected chi connectivity index (χ1v) is 6.49. The number of likely N-dealkylation sites (tertiary alicyclic amines) is 1. The second kappa shape index (κ2) is 6.38. The molecule has 0 spiro atoms. The second-order valence-corrected chi connectivity index (χ2v) is 5.11. The number of rotatable bonds is 4. The van der Waals surface area contributed by atoms with Gasteiger partial charge in [0.1, 0.15) is 0 Å². The monoisotopic (exact) mass is 224 g/mol. The lowest BCUT2D eigenvalue weighted by atomic mass is 9.98. The summed E-state index contributed by atoms with van der Waals surface area (Å²) in [6, 6.07) is 0. The van der Waals surface area contributed by atoms with Crippen molar-refractivity contribution < 1.29 is 4.74 Å². The number of hydrogen-bond donors (Lipinski definition) is 1.